The minimum atomic E-state index is -4.61. The van der Waals surface area contributed by atoms with Gasteiger partial charge in [-0.3, -0.25) is 14.9 Å². The van der Waals surface area contributed by atoms with Gasteiger partial charge in [0.2, 0.25) is 0 Å². The molecule has 1 N–H and O–H groups in total. The van der Waals surface area contributed by atoms with Crippen molar-refractivity contribution in [2.45, 2.75) is 12.3 Å². The summed E-state index contributed by atoms with van der Waals surface area (Å²) < 4.78 is 38.9. The number of hydrogen-bond acceptors (Lipinski definition) is 4. The van der Waals surface area contributed by atoms with Crippen molar-refractivity contribution < 1.29 is 22.9 Å². The van der Waals surface area contributed by atoms with Gasteiger partial charge >= 0.3 is 6.18 Å². The van der Waals surface area contributed by atoms with Crippen LogP contribution in [-0.4, -0.2) is 28.5 Å². The molecule has 0 saturated heterocycles. The number of nitro benzene ring substituents is 1. The van der Waals surface area contributed by atoms with Crippen LogP contribution in [-0.2, 0) is 0 Å². The van der Waals surface area contributed by atoms with Gasteiger partial charge in [0.1, 0.15) is 12.7 Å². The summed E-state index contributed by atoms with van der Waals surface area (Å²) in [5.74, 6) is -0.789. The molecule has 0 spiro atoms. The number of fused-ring (bicyclic) bond motifs is 1. The lowest BCUT2D eigenvalue weighted by atomic mass is 10.0. The zero-order chi connectivity index (χ0) is 18.2. The molecule has 1 unspecified atom stereocenters. The normalized spacial score (nSPS) is 17.0. The lowest BCUT2D eigenvalue weighted by Crippen LogP contribution is -2.47. The number of non-ortho nitro benzene ring substituents is 1. The van der Waals surface area contributed by atoms with Gasteiger partial charge in [-0.15, -0.1) is 0 Å². The van der Waals surface area contributed by atoms with E-state index in [1.54, 1.807) is 18.2 Å². The highest BCUT2D eigenvalue weighted by atomic mass is 19.4. The number of nitrogens with one attached hydrogen (secondary N) is 1. The Morgan fingerprint density at radius 2 is 1.88 bits per heavy atom. The molecule has 6 nitrogen and oxygen atoms in total. The number of alkyl halides is 3. The Balaban J connectivity index is 2.07. The summed E-state index contributed by atoms with van der Waals surface area (Å²) in [6, 6.07) is 11.4. The molecule has 130 valence electrons. The van der Waals surface area contributed by atoms with Crippen molar-refractivity contribution in [1.29, 1.82) is 0 Å². The summed E-state index contributed by atoms with van der Waals surface area (Å²) in [4.78, 5) is 23.5. The third kappa shape index (κ3) is 3.39. The smallest absolute Gasteiger partial charge is 0.361 e. The fraction of sp³-hybridized carbons (Fsp3) is 0.188. The molecule has 1 atom stereocenters. The van der Waals surface area contributed by atoms with E-state index in [4.69, 9.17) is 0 Å². The number of para-hydroxylation sites is 1. The number of rotatable bonds is 3. The summed E-state index contributed by atoms with van der Waals surface area (Å²) in [7, 11) is 0. The minimum Gasteiger partial charge on any atom is -0.361 e. The second kappa shape index (κ2) is 6.08. The SMILES string of the molecule is O=C1c2ccccc2NC(c2cccc([N+](=O)[O-])c2)N1CC(F)(F)F. The van der Waals surface area contributed by atoms with Gasteiger partial charge in [-0.05, 0) is 12.1 Å². The van der Waals surface area contributed by atoms with Crippen LogP contribution >= 0.6 is 0 Å². The Bertz CT molecular complexity index is 839. The summed E-state index contributed by atoms with van der Waals surface area (Å²) in [5.41, 5.74) is 0.426. The van der Waals surface area contributed by atoms with Crippen LogP contribution in [0.15, 0.2) is 48.5 Å². The Kier molecular flexibility index (Phi) is 4.07. The average Bonchev–Trinajstić information content (AvgIpc) is 2.56. The molecule has 9 heteroatoms. The number of anilines is 1. The van der Waals surface area contributed by atoms with Crippen LogP contribution < -0.4 is 5.32 Å². The number of nitrogens with zero attached hydrogens (tertiary/aromatic N) is 2. The van der Waals surface area contributed by atoms with Gasteiger partial charge in [-0.25, -0.2) is 0 Å². The van der Waals surface area contributed by atoms with Crippen LogP contribution in [0.2, 0.25) is 0 Å². The zero-order valence-electron chi connectivity index (χ0n) is 12.7. The topological polar surface area (TPSA) is 75.5 Å². The van der Waals surface area contributed by atoms with Crippen LogP contribution in [0.4, 0.5) is 24.5 Å². The maximum Gasteiger partial charge on any atom is 0.406 e. The van der Waals surface area contributed by atoms with Gasteiger partial charge in [0.15, 0.2) is 0 Å². The van der Waals surface area contributed by atoms with Crippen LogP contribution in [0.25, 0.3) is 0 Å². The molecule has 1 aliphatic rings. The van der Waals surface area contributed by atoms with Gasteiger partial charge in [0.05, 0.1) is 10.5 Å². The van der Waals surface area contributed by atoms with Crippen molar-refractivity contribution >= 4 is 17.3 Å². The largest absolute Gasteiger partial charge is 0.406 e. The van der Waals surface area contributed by atoms with E-state index in [2.05, 4.69) is 5.32 Å². The number of carbonyl (C=O) groups is 1. The Morgan fingerprint density at radius 3 is 2.56 bits per heavy atom. The van der Waals surface area contributed by atoms with Crippen molar-refractivity contribution in [3.8, 4) is 0 Å². The predicted octanol–water partition coefficient (Wildman–Crippen LogP) is 3.72. The lowest BCUT2D eigenvalue weighted by molar-refractivity contribution is -0.384. The first-order valence-electron chi connectivity index (χ1n) is 7.24. The highest BCUT2D eigenvalue weighted by Crippen LogP contribution is 2.35. The second-order valence-electron chi connectivity index (χ2n) is 5.49. The van der Waals surface area contributed by atoms with E-state index in [1.165, 1.54) is 24.3 Å². The van der Waals surface area contributed by atoms with E-state index in [-0.39, 0.29) is 16.8 Å². The lowest BCUT2D eigenvalue weighted by Gasteiger charge is -2.38. The maximum atomic E-state index is 13.0. The molecule has 0 bridgehead atoms. The van der Waals surface area contributed by atoms with E-state index in [0.29, 0.717) is 10.6 Å². The number of halogens is 3. The zero-order valence-corrected chi connectivity index (χ0v) is 12.7. The molecule has 1 amide bonds. The Morgan fingerprint density at radius 1 is 1.16 bits per heavy atom. The molecule has 2 aromatic rings. The van der Waals surface area contributed by atoms with E-state index >= 15 is 0 Å². The highest BCUT2D eigenvalue weighted by molar-refractivity contribution is 6.01. The third-order valence-electron chi connectivity index (χ3n) is 3.77. The molecule has 1 heterocycles. The molecule has 25 heavy (non-hydrogen) atoms. The molecule has 0 saturated carbocycles. The summed E-state index contributed by atoms with van der Waals surface area (Å²) in [5, 5.41) is 13.8. The van der Waals surface area contributed by atoms with Crippen molar-refractivity contribution in [1.82, 2.24) is 4.90 Å². The molecule has 1 aliphatic heterocycles. The molecule has 0 fully saturated rings. The number of hydrogen-bond donors (Lipinski definition) is 1. The highest BCUT2D eigenvalue weighted by Gasteiger charge is 2.40. The molecule has 3 rings (SSSR count). The monoisotopic (exact) mass is 351 g/mol. The van der Waals surface area contributed by atoms with E-state index in [9.17, 15) is 28.1 Å². The summed E-state index contributed by atoms with van der Waals surface area (Å²) in [6.07, 6.45) is -5.77. The van der Waals surface area contributed by atoms with Crippen LogP contribution in [0, 0.1) is 10.1 Å². The van der Waals surface area contributed by atoms with E-state index in [1.807, 2.05) is 0 Å². The third-order valence-corrected chi connectivity index (χ3v) is 3.77. The van der Waals surface area contributed by atoms with Gasteiger partial charge in [-0.1, -0.05) is 24.3 Å². The first kappa shape index (κ1) is 16.7. The van der Waals surface area contributed by atoms with E-state index in [0.717, 1.165) is 6.07 Å². The maximum absolute atomic E-state index is 13.0. The predicted molar refractivity (Wildman–Crippen MR) is 83.0 cm³/mol. The standard InChI is InChI=1S/C16H12F3N3O3/c17-16(18,19)9-21-14(10-4-3-5-11(8-10)22(24)25)20-13-7-2-1-6-12(13)15(21)23/h1-8,14,20H,9H2. The summed E-state index contributed by atoms with van der Waals surface area (Å²) >= 11 is 0. The van der Waals surface area contributed by atoms with E-state index < -0.39 is 29.7 Å². The van der Waals surface area contributed by atoms with Gasteiger partial charge in [0.25, 0.3) is 11.6 Å². The Labute approximate surface area is 140 Å². The average molecular weight is 351 g/mol. The van der Waals surface area contributed by atoms with Crippen molar-refractivity contribution in [3.05, 3.63) is 69.8 Å². The first-order valence-corrected chi connectivity index (χ1v) is 7.24. The number of amides is 1. The number of carbonyl (C=O) groups excluding carboxylic acids is 1. The molecule has 0 radical (unpaired) electrons. The van der Waals surface area contributed by atoms with Crippen molar-refractivity contribution in [2.75, 3.05) is 11.9 Å². The quantitative estimate of drug-likeness (QED) is 0.675. The van der Waals surface area contributed by atoms with Crippen LogP contribution in [0.3, 0.4) is 0 Å². The van der Waals surface area contributed by atoms with Crippen LogP contribution in [0.1, 0.15) is 22.1 Å². The first-order chi connectivity index (χ1) is 11.8. The van der Waals surface area contributed by atoms with Gasteiger partial charge in [0, 0.05) is 23.4 Å². The molecule has 0 aromatic heterocycles. The number of nitro groups is 1. The Hall–Kier alpha value is -3.10. The van der Waals surface area contributed by atoms with Gasteiger partial charge in [-0.2, -0.15) is 13.2 Å². The minimum absolute atomic E-state index is 0.119. The number of benzene rings is 2. The second-order valence-corrected chi connectivity index (χ2v) is 5.49. The molecule has 0 aliphatic carbocycles. The van der Waals surface area contributed by atoms with Crippen molar-refractivity contribution in [2.24, 2.45) is 0 Å². The summed E-state index contributed by atoms with van der Waals surface area (Å²) in [6.45, 7) is -1.47. The molecule has 2 aromatic carbocycles. The van der Waals surface area contributed by atoms with Crippen LogP contribution in [0.5, 0.6) is 0 Å². The van der Waals surface area contributed by atoms with Gasteiger partial charge < -0.3 is 10.2 Å². The molecular formula is C16H12F3N3O3. The fourth-order valence-electron chi connectivity index (χ4n) is 2.72. The molecular weight excluding hydrogens is 339 g/mol. The fourth-order valence-corrected chi connectivity index (χ4v) is 2.72. The van der Waals surface area contributed by atoms with Crippen molar-refractivity contribution in [3.63, 3.8) is 0 Å².